The zero-order chi connectivity index (χ0) is 20.2. The van der Waals surface area contributed by atoms with E-state index in [2.05, 4.69) is 23.3 Å². The maximum atomic E-state index is 12.6. The molecule has 1 aromatic heterocycles. The quantitative estimate of drug-likeness (QED) is 0.704. The number of allylic oxidation sites excluding steroid dienone is 1. The number of aromatic nitrogens is 2. The van der Waals surface area contributed by atoms with E-state index in [1.54, 1.807) is 42.5 Å². The molecule has 0 atom stereocenters. The van der Waals surface area contributed by atoms with E-state index < -0.39 is 0 Å². The molecular weight excluding hydrogens is 361 g/mol. The third-order valence-corrected chi connectivity index (χ3v) is 4.17. The van der Waals surface area contributed by atoms with E-state index in [1.807, 2.05) is 23.8 Å². The van der Waals surface area contributed by atoms with Crippen LogP contribution in [0.2, 0.25) is 0 Å². The van der Waals surface area contributed by atoms with Gasteiger partial charge in [0.05, 0.1) is 17.7 Å². The topological polar surface area (TPSA) is 82.2 Å². The van der Waals surface area contributed by atoms with Gasteiger partial charge >= 0.3 is 0 Å². The van der Waals surface area contributed by atoms with E-state index in [1.165, 1.54) is 12.1 Å². The molecule has 0 unspecified atom stereocenters. The molecule has 5 nitrogen and oxygen atoms in total. The molecule has 2 aromatic rings. The Morgan fingerprint density at radius 2 is 2.04 bits per heavy atom. The lowest BCUT2D eigenvalue weighted by atomic mass is 10.2. The minimum absolute atomic E-state index is 0.226. The number of thioether (sulfide) groups is 1. The van der Waals surface area contributed by atoms with Crippen LogP contribution in [0.1, 0.15) is 23.9 Å². The Hall–Kier alpha value is -2.64. The molecular formula is C20H26FN5S. The number of nitrogens with zero attached hydrogens (tertiary/aromatic N) is 3. The lowest BCUT2D eigenvalue weighted by Crippen LogP contribution is -2.10. The summed E-state index contributed by atoms with van der Waals surface area (Å²) >= 11 is 1.56. The van der Waals surface area contributed by atoms with Crippen molar-refractivity contribution < 1.29 is 4.39 Å². The lowest BCUT2D eigenvalue weighted by molar-refractivity contribution is 0.627. The molecule has 4 N–H and O–H groups in total. The van der Waals surface area contributed by atoms with Crippen LogP contribution in [-0.4, -0.2) is 29.1 Å². The Bertz CT molecular complexity index is 802. The SMILES string of the molecule is C=Cc1ncn(CCN)c1/C=C(\C)N.C=N/C=C(\SC)c1ccc(F)cc1. The van der Waals surface area contributed by atoms with E-state index in [4.69, 9.17) is 11.5 Å². The number of benzene rings is 1. The first-order valence-electron chi connectivity index (χ1n) is 8.24. The summed E-state index contributed by atoms with van der Waals surface area (Å²) < 4.78 is 14.5. The highest BCUT2D eigenvalue weighted by Gasteiger charge is 2.04. The Morgan fingerprint density at radius 1 is 1.37 bits per heavy atom. The average Bonchev–Trinajstić information content (AvgIpc) is 3.02. The van der Waals surface area contributed by atoms with Gasteiger partial charge in [-0.3, -0.25) is 4.99 Å². The van der Waals surface area contributed by atoms with Crippen LogP contribution in [0.4, 0.5) is 4.39 Å². The first-order valence-corrected chi connectivity index (χ1v) is 9.46. The molecule has 7 heteroatoms. The van der Waals surface area contributed by atoms with Gasteiger partial charge in [-0.15, -0.1) is 11.8 Å². The summed E-state index contributed by atoms with van der Waals surface area (Å²) in [5, 5.41) is 0. The normalized spacial score (nSPS) is 11.6. The molecule has 0 radical (unpaired) electrons. The van der Waals surface area contributed by atoms with Crippen molar-refractivity contribution in [2.24, 2.45) is 16.5 Å². The summed E-state index contributed by atoms with van der Waals surface area (Å²) in [7, 11) is 0. The Morgan fingerprint density at radius 3 is 2.52 bits per heavy atom. The van der Waals surface area contributed by atoms with E-state index in [-0.39, 0.29) is 5.82 Å². The number of imidazole rings is 1. The van der Waals surface area contributed by atoms with Crippen LogP contribution in [0.3, 0.4) is 0 Å². The first kappa shape index (κ1) is 22.4. The smallest absolute Gasteiger partial charge is 0.123 e. The monoisotopic (exact) mass is 387 g/mol. The van der Waals surface area contributed by atoms with Crippen molar-refractivity contribution in [2.75, 3.05) is 12.8 Å². The van der Waals surface area contributed by atoms with Gasteiger partial charge in [0.1, 0.15) is 5.82 Å². The van der Waals surface area contributed by atoms with Crippen molar-refractivity contribution >= 4 is 35.5 Å². The molecule has 0 saturated heterocycles. The molecule has 0 amide bonds. The van der Waals surface area contributed by atoms with Crippen molar-refractivity contribution in [1.29, 1.82) is 0 Å². The number of hydrogen-bond donors (Lipinski definition) is 2. The predicted molar refractivity (Wildman–Crippen MR) is 117 cm³/mol. The molecule has 1 heterocycles. The van der Waals surface area contributed by atoms with Gasteiger partial charge in [0, 0.05) is 29.9 Å². The van der Waals surface area contributed by atoms with Crippen LogP contribution in [0, 0.1) is 5.82 Å². The number of hydrogen-bond acceptors (Lipinski definition) is 5. The molecule has 0 aliphatic rings. The second-order valence-corrected chi connectivity index (χ2v) is 6.32. The van der Waals surface area contributed by atoms with Crippen molar-refractivity contribution in [3.05, 3.63) is 71.8 Å². The first-order chi connectivity index (χ1) is 13.0. The molecule has 0 spiro atoms. The van der Waals surface area contributed by atoms with E-state index in [0.717, 1.165) is 34.1 Å². The van der Waals surface area contributed by atoms with Crippen LogP contribution >= 0.6 is 11.8 Å². The molecule has 0 aliphatic carbocycles. The highest BCUT2D eigenvalue weighted by Crippen LogP contribution is 2.24. The van der Waals surface area contributed by atoms with Gasteiger partial charge in [-0.1, -0.05) is 18.7 Å². The van der Waals surface area contributed by atoms with Crippen molar-refractivity contribution in [1.82, 2.24) is 9.55 Å². The zero-order valence-electron chi connectivity index (χ0n) is 15.7. The summed E-state index contributed by atoms with van der Waals surface area (Å²) in [4.78, 5) is 8.86. The van der Waals surface area contributed by atoms with Crippen LogP contribution in [0.5, 0.6) is 0 Å². The van der Waals surface area contributed by atoms with Gasteiger partial charge in [0.25, 0.3) is 0 Å². The van der Waals surface area contributed by atoms with E-state index in [9.17, 15) is 4.39 Å². The predicted octanol–water partition coefficient (Wildman–Crippen LogP) is 3.99. The fourth-order valence-corrected chi connectivity index (χ4v) is 2.75. The zero-order valence-corrected chi connectivity index (χ0v) is 16.5. The molecule has 0 aliphatic heterocycles. The fourth-order valence-electron chi connectivity index (χ4n) is 2.20. The number of nitrogens with two attached hydrogens (primary N) is 2. The Labute approximate surface area is 164 Å². The lowest BCUT2D eigenvalue weighted by Gasteiger charge is -2.03. The maximum absolute atomic E-state index is 12.6. The van der Waals surface area contributed by atoms with E-state index in [0.29, 0.717) is 6.54 Å². The van der Waals surface area contributed by atoms with Gasteiger partial charge in [-0.25, -0.2) is 9.37 Å². The van der Waals surface area contributed by atoms with Gasteiger partial charge in [0.15, 0.2) is 0 Å². The number of aliphatic imine (C=N–C) groups is 1. The summed E-state index contributed by atoms with van der Waals surface area (Å²) in [6.45, 7) is 10.2. The van der Waals surface area contributed by atoms with Gasteiger partial charge < -0.3 is 16.0 Å². The second-order valence-electron chi connectivity index (χ2n) is 5.48. The van der Waals surface area contributed by atoms with Gasteiger partial charge in [-0.2, -0.15) is 0 Å². The van der Waals surface area contributed by atoms with Crippen molar-refractivity contribution in [2.45, 2.75) is 13.5 Å². The molecule has 27 heavy (non-hydrogen) atoms. The maximum Gasteiger partial charge on any atom is 0.123 e. The Balaban J connectivity index is 0.000000271. The summed E-state index contributed by atoms with van der Waals surface area (Å²) in [6.07, 6.45) is 8.94. The summed E-state index contributed by atoms with van der Waals surface area (Å²) in [6, 6.07) is 6.32. The molecule has 2 rings (SSSR count). The third-order valence-electron chi connectivity index (χ3n) is 3.39. The largest absolute Gasteiger partial charge is 0.402 e. The summed E-state index contributed by atoms with van der Waals surface area (Å²) in [5.74, 6) is -0.226. The fraction of sp³-hybridized carbons (Fsp3) is 0.200. The van der Waals surface area contributed by atoms with Crippen LogP contribution in [0.25, 0.3) is 17.1 Å². The summed E-state index contributed by atoms with van der Waals surface area (Å²) in [5.41, 5.74) is 14.6. The molecule has 0 bridgehead atoms. The highest BCUT2D eigenvalue weighted by molar-refractivity contribution is 8.07. The van der Waals surface area contributed by atoms with Gasteiger partial charge in [-0.05, 0) is 49.7 Å². The molecule has 0 saturated carbocycles. The van der Waals surface area contributed by atoms with Gasteiger partial charge in [0.2, 0.25) is 0 Å². The Kier molecular flexibility index (Phi) is 9.85. The molecule has 144 valence electrons. The standard InChI is InChI=1S/C10H10FNS.C10H16N4/c1-12-7-10(13-2)8-3-5-9(11)6-4-8;1-3-9-10(6-8(2)12)14(5-4-11)7-13-9/h3-7H,1H2,2H3;3,6-7H,1,4-5,11-12H2,2H3/b10-7-;8-6+. The minimum Gasteiger partial charge on any atom is -0.402 e. The van der Waals surface area contributed by atoms with Crippen molar-refractivity contribution in [3.63, 3.8) is 0 Å². The van der Waals surface area contributed by atoms with E-state index >= 15 is 0 Å². The van der Waals surface area contributed by atoms with Crippen molar-refractivity contribution in [3.8, 4) is 0 Å². The highest BCUT2D eigenvalue weighted by atomic mass is 32.2. The van der Waals surface area contributed by atoms with Crippen LogP contribution in [-0.2, 0) is 6.54 Å². The second kappa shape index (κ2) is 11.9. The van der Waals surface area contributed by atoms with Crippen LogP contribution in [0.15, 0.2) is 54.1 Å². The third kappa shape index (κ3) is 7.24. The molecule has 0 fully saturated rings. The number of rotatable bonds is 7. The van der Waals surface area contributed by atoms with Crippen LogP contribution < -0.4 is 11.5 Å². The number of halogens is 1. The minimum atomic E-state index is -0.226. The molecule has 1 aromatic carbocycles. The average molecular weight is 388 g/mol.